The van der Waals surface area contributed by atoms with Crippen molar-refractivity contribution in [3.63, 3.8) is 0 Å². The zero-order valence-corrected chi connectivity index (χ0v) is 15.7. The lowest BCUT2D eigenvalue weighted by molar-refractivity contribution is 0.0976. The molecule has 1 aliphatic heterocycles. The third-order valence-corrected chi connectivity index (χ3v) is 5.79. The van der Waals surface area contributed by atoms with Crippen molar-refractivity contribution >= 4 is 27.3 Å². The Labute approximate surface area is 163 Å². The van der Waals surface area contributed by atoms with E-state index in [0.29, 0.717) is 35.8 Å². The highest BCUT2D eigenvalue weighted by Crippen LogP contribution is 2.32. The van der Waals surface area contributed by atoms with Crippen molar-refractivity contribution in [2.45, 2.75) is 4.90 Å². The van der Waals surface area contributed by atoms with E-state index in [0.717, 1.165) is 0 Å². The summed E-state index contributed by atoms with van der Waals surface area (Å²) in [5.74, 6) is 0.444. The molecule has 3 aromatic carbocycles. The maximum absolute atomic E-state index is 13.0. The van der Waals surface area contributed by atoms with Gasteiger partial charge in [0.2, 0.25) is 0 Å². The number of benzene rings is 3. The van der Waals surface area contributed by atoms with Crippen molar-refractivity contribution in [3.05, 3.63) is 84.4 Å². The first-order valence-corrected chi connectivity index (χ1v) is 10.2. The van der Waals surface area contributed by atoms with Crippen LogP contribution in [0.15, 0.2) is 83.8 Å². The van der Waals surface area contributed by atoms with Crippen LogP contribution < -0.4 is 14.4 Å². The lowest BCUT2D eigenvalue weighted by Crippen LogP contribution is -2.37. The summed E-state index contributed by atoms with van der Waals surface area (Å²) >= 11 is 0. The first-order valence-electron chi connectivity index (χ1n) is 8.76. The molecule has 0 aliphatic carbocycles. The van der Waals surface area contributed by atoms with Gasteiger partial charge in [-0.3, -0.25) is 9.52 Å². The number of para-hydroxylation sites is 2. The molecule has 4 rings (SSSR count). The third-order valence-electron chi connectivity index (χ3n) is 4.39. The van der Waals surface area contributed by atoms with Crippen molar-refractivity contribution in [3.8, 4) is 5.75 Å². The van der Waals surface area contributed by atoms with Crippen LogP contribution in [0.5, 0.6) is 5.75 Å². The Morgan fingerprint density at radius 3 is 2.50 bits per heavy atom. The smallest absolute Gasteiger partial charge is 0.261 e. The number of hydrogen-bond donors (Lipinski definition) is 1. The normalized spacial score (nSPS) is 13.4. The highest BCUT2D eigenvalue weighted by atomic mass is 32.2. The van der Waals surface area contributed by atoms with Crippen molar-refractivity contribution in [2.24, 2.45) is 0 Å². The Morgan fingerprint density at radius 2 is 1.68 bits per heavy atom. The van der Waals surface area contributed by atoms with Gasteiger partial charge in [-0.2, -0.15) is 0 Å². The quantitative estimate of drug-likeness (QED) is 0.735. The molecular weight excluding hydrogens is 376 g/mol. The summed E-state index contributed by atoms with van der Waals surface area (Å²) in [6.45, 7) is 0.832. The van der Waals surface area contributed by atoms with Crippen LogP contribution in [0, 0.1) is 0 Å². The zero-order chi connectivity index (χ0) is 19.6. The molecule has 0 fully saturated rings. The summed E-state index contributed by atoms with van der Waals surface area (Å²) in [7, 11) is -3.72. The molecule has 1 aliphatic rings. The van der Waals surface area contributed by atoms with Gasteiger partial charge in [0.15, 0.2) is 0 Å². The highest BCUT2D eigenvalue weighted by Gasteiger charge is 2.24. The number of rotatable bonds is 4. The van der Waals surface area contributed by atoms with Crippen LogP contribution >= 0.6 is 0 Å². The number of fused-ring (bicyclic) bond motifs is 1. The average Bonchev–Trinajstić information content (AvgIpc) is 2.73. The third kappa shape index (κ3) is 3.57. The predicted molar refractivity (Wildman–Crippen MR) is 107 cm³/mol. The molecule has 0 bridgehead atoms. The van der Waals surface area contributed by atoms with Crippen LogP contribution in [-0.2, 0) is 10.0 Å². The van der Waals surface area contributed by atoms with Gasteiger partial charge < -0.3 is 9.64 Å². The van der Waals surface area contributed by atoms with Gasteiger partial charge in [0.25, 0.3) is 15.9 Å². The molecule has 3 aromatic rings. The van der Waals surface area contributed by atoms with Gasteiger partial charge >= 0.3 is 0 Å². The molecule has 0 radical (unpaired) electrons. The fraction of sp³-hybridized carbons (Fsp3) is 0.0952. The maximum atomic E-state index is 13.0. The van der Waals surface area contributed by atoms with Crippen LogP contribution in [0.4, 0.5) is 11.4 Å². The Hall–Kier alpha value is -3.32. The monoisotopic (exact) mass is 394 g/mol. The van der Waals surface area contributed by atoms with Crippen LogP contribution in [0.2, 0.25) is 0 Å². The molecule has 1 amide bonds. The summed E-state index contributed by atoms with van der Waals surface area (Å²) in [4.78, 5) is 14.8. The number of hydrogen-bond acceptors (Lipinski definition) is 4. The molecule has 0 aromatic heterocycles. The van der Waals surface area contributed by atoms with Gasteiger partial charge in [-0.1, -0.05) is 36.4 Å². The number of ether oxygens (including phenoxy) is 1. The largest absolute Gasteiger partial charge is 0.490 e. The van der Waals surface area contributed by atoms with E-state index in [9.17, 15) is 13.2 Å². The van der Waals surface area contributed by atoms with E-state index in [1.54, 1.807) is 47.4 Å². The van der Waals surface area contributed by atoms with Crippen LogP contribution in [0.25, 0.3) is 0 Å². The molecule has 28 heavy (non-hydrogen) atoms. The average molecular weight is 394 g/mol. The minimum atomic E-state index is -3.72. The minimum absolute atomic E-state index is 0.161. The molecule has 1 heterocycles. The van der Waals surface area contributed by atoms with E-state index < -0.39 is 10.0 Å². The zero-order valence-electron chi connectivity index (χ0n) is 14.9. The summed E-state index contributed by atoms with van der Waals surface area (Å²) in [6, 6.07) is 21.9. The van der Waals surface area contributed by atoms with Crippen molar-refractivity contribution in [1.82, 2.24) is 0 Å². The second-order valence-corrected chi connectivity index (χ2v) is 7.95. The highest BCUT2D eigenvalue weighted by molar-refractivity contribution is 7.92. The number of carbonyl (C=O) groups is 1. The van der Waals surface area contributed by atoms with Crippen LogP contribution in [0.3, 0.4) is 0 Å². The van der Waals surface area contributed by atoms with Gasteiger partial charge in [0, 0.05) is 11.3 Å². The number of amides is 1. The molecule has 0 saturated carbocycles. The van der Waals surface area contributed by atoms with Crippen molar-refractivity contribution in [2.75, 3.05) is 22.8 Å². The first kappa shape index (κ1) is 18.1. The SMILES string of the molecule is O=C(c1cccc(NS(=O)(=O)c2ccccc2)c1)N1CCOc2ccccc21. The van der Waals surface area contributed by atoms with Crippen LogP contribution in [-0.4, -0.2) is 27.5 Å². The molecule has 0 saturated heterocycles. The number of sulfonamides is 1. The lowest BCUT2D eigenvalue weighted by Gasteiger charge is -2.29. The van der Waals surface area contributed by atoms with E-state index in [2.05, 4.69) is 4.72 Å². The number of nitrogens with one attached hydrogen (secondary N) is 1. The second-order valence-electron chi connectivity index (χ2n) is 6.27. The number of anilines is 2. The molecule has 0 unspecified atom stereocenters. The van der Waals surface area contributed by atoms with E-state index in [1.807, 2.05) is 24.3 Å². The summed E-state index contributed by atoms with van der Waals surface area (Å²) in [6.07, 6.45) is 0. The van der Waals surface area contributed by atoms with E-state index in [-0.39, 0.29) is 10.8 Å². The molecule has 7 heteroatoms. The fourth-order valence-electron chi connectivity index (χ4n) is 3.07. The van der Waals surface area contributed by atoms with Crippen molar-refractivity contribution in [1.29, 1.82) is 0 Å². The topological polar surface area (TPSA) is 75.7 Å². The minimum Gasteiger partial charge on any atom is -0.490 e. The Balaban J connectivity index is 1.60. The Kier molecular flexibility index (Phi) is 4.75. The van der Waals surface area contributed by atoms with Gasteiger partial charge in [0.05, 0.1) is 17.1 Å². The Bertz CT molecular complexity index is 1110. The van der Waals surface area contributed by atoms with Gasteiger partial charge in [-0.05, 0) is 42.5 Å². The summed E-state index contributed by atoms with van der Waals surface area (Å²) < 4.78 is 33.2. The number of nitrogens with zero attached hydrogens (tertiary/aromatic N) is 1. The lowest BCUT2D eigenvalue weighted by atomic mass is 10.1. The molecule has 6 nitrogen and oxygen atoms in total. The number of carbonyl (C=O) groups excluding carboxylic acids is 1. The summed E-state index contributed by atoms with van der Waals surface area (Å²) in [5.41, 5.74) is 1.43. The standard InChI is InChI=1S/C21H18N2O4S/c24-21(23-13-14-27-20-12-5-4-11-19(20)23)16-7-6-8-17(15-16)22-28(25,26)18-9-2-1-3-10-18/h1-12,15,22H,13-14H2. The molecule has 0 atom stereocenters. The predicted octanol–water partition coefficient (Wildman–Crippen LogP) is 3.53. The van der Waals surface area contributed by atoms with Gasteiger partial charge in [0.1, 0.15) is 12.4 Å². The van der Waals surface area contributed by atoms with Crippen molar-refractivity contribution < 1.29 is 17.9 Å². The molecule has 142 valence electrons. The fourth-order valence-corrected chi connectivity index (χ4v) is 4.14. The molecular formula is C21H18N2O4S. The van der Waals surface area contributed by atoms with E-state index in [4.69, 9.17) is 4.74 Å². The van der Waals surface area contributed by atoms with Gasteiger partial charge in [-0.25, -0.2) is 8.42 Å². The molecule has 1 N–H and O–H groups in total. The van der Waals surface area contributed by atoms with E-state index >= 15 is 0 Å². The summed E-state index contributed by atoms with van der Waals surface area (Å²) in [5, 5.41) is 0. The maximum Gasteiger partial charge on any atom is 0.261 e. The van der Waals surface area contributed by atoms with E-state index in [1.165, 1.54) is 12.1 Å². The molecule has 0 spiro atoms. The second kappa shape index (κ2) is 7.36. The van der Waals surface area contributed by atoms with Crippen LogP contribution in [0.1, 0.15) is 10.4 Å². The first-order chi connectivity index (χ1) is 13.5. The Morgan fingerprint density at radius 1 is 0.929 bits per heavy atom. The van der Waals surface area contributed by atoms with Gasteiger partial charge in [-0.15, -0.1) is 0 Å².